The van der Waals surface area contributed by atoms with Gasteiger partial charge >= 0.3 is 0 Å². The highest BCUT2D eigenvalue weighted by Crippen LogP contribution is 2.27. The molecule has 1 fully saturated rings. The number of hydrazone groups is 1. The molecule has 0 spiro atoms. The third-order valence-corrected chi connectivity index (χ3v) is 6.83. The van der Waals surface area contributed by atoms with Crippen molar-refractivity contribution >= 4 is 27.4 Å². The molecule has 2 heterocycles. The summed E-state index contributed by atoms with van der Waals surface area (Å²) in [5, 5.41) is 8.31. The van der Waals surface area contributed by atoms with Crippen LogP contribution in [0.15, 0.2) is 23.3 Å². The summed E-state index contributed by atoms with van der Waals surface area (Å²) >= 11 is 0. The van der Waals surface area contributed by atoms with Gasteiger partial charge in [0.2, 0.25) is 5.91 Å². The van der Waals surface area contributed by atoms with Gasteiger partial charge in [0.15, 0.2) is 9.84 Å². The van der Waals surface area contributed by atoms with E-state index in [1.165, 1.54) is 5.01 Å². The molecule has 2 aliphatic rings. The van der Waals surface area contributed by atoms with Crippen molar-refractivity contribution in [3.8, 4) is 5.75 Å². The van der Waals surface area contributed by atoms with Gasteiger partial charge in [0, 0.05) is 18.4 Å². The average Bonchev–Trinajstić information content (AvgIpc) is 3.01. The highest BCUT2D eigenvalue weighted by atomic mass is 32.2. The molecule has 8 nitrogen and oxygen atoms in total. The van der Waals surface area contributed by atoms with Crippen LogP contribution >= 0.6 is 0 Å². The Morgan fingerprint density at radius 3 is 2.75 bits per heavy atom. The van der Waals surface area contributed by atoms with Crippen molar-refractivity contribution in [1.29, 1.82) is 0 Å². The zero-order valence-electron chi connectivity index (χ0n) is 16.3. The first-order valence-electron chi connectivity index (χ1n) is 9.25. The molecule has 0 bridgehead atoms. The summed E-state index contributed by atoms with van der Waals surface area (Å²) in [5.41, 5.74) is 2.13. The third-order valence-electron chi connectivity index (χ3n) is 5.08. The number of amides is 2. The molecule has 0 saturated carbocycles. The van der Waals surface area contributed by atoms with Gasteiger partial charge in [-0.25, -0.2) is 13.4 Å². The lowest BCUT2D eigenvalue weighted by Crippen LogP contribution is -2.44. The predicted octanol–water partition coefficient (Wildman–Crippen LogP) is 1.35. The Kier molecular flexibility index (Phi) is 5.74. The topological polar surface area (TPSA) is 105 Å². The van der Waals surface area contributed by atoms with Crippen molar-refractivity contribution in [3.05, 3.63) is 29.3 Å². The molecule has 2 atom stereocenters. The van der Waals surface area contributed by atoms with E-state index in [1.54, 1.807) is 7.11 Å². The zero-order valence-corrected chi connectivity index (χ0v) is 17.1. The van der Waals surface area contributed by atoms with Crippen LogP contribution in [0.1, 0.15) is 43.4 Å². The summed E-state index contributed by atoms with van der Waals surface area (Å²) < 4.78 is 28.8. The number of nitrogens with one attached hydrogen (secondary N) is 1. The second-order valence-electron chi connectivity index (χ2n) is 7.28. The fourth-order valence-corrected chi connectivity index (χ4v) is 5.23. The van der Waals surface area contributed by atoms with Gasteiger partial charge in [0.05, 0.1) is 30.7 Å². The van der Waals surface area contributed by atoms with E-state index in [1.807, 2.05) is 32.0 Å². The van der Waals surface area contributed by atoms with Crippen LogP contribution in [0.25, 0.3) is 0 Å². The van der Waals surface area contributed by atoms with Gasteiger partial charge in [0.25, 0.3) is 5.91 Å². The van der Waals surface area contributed by atoms with Gasteiger partial charge in [0.1, 0.15) is 11.5 Å². The fourth-order valence-electron chi connectivity index (χ4n) is 3.54. The molecule has 3 rings (SSSR count). The SMILES string of the molecule is COc1ccc(C)cc1C(C)NC(=O)C1=NN(C2CCS(=O)(=O)C2)C(=O)CC1. The van der Waals surface area contributed by atoms with Crippen molar-refractivity contribution < 1.29 is 22.7 Å². The number of nitrogens with zero attached hydrogens (tertiary/aromatic N) is 2. The monoisotopic (exact) mass is 407 g/mol. The lowest BCUT2D eigenvalue weighted by Gasteiger charge is -2.28. The molecule has 2 amide bonds. The molecule has 0 aliphatic carbocycles. The van der Waals surface area contributed by atoms with Gasteiger partial charge < -0.3 is 10.1 Å². The molecule has 0 aromatic heterocycles. The van der Waals surface area contributed by atoms with Gasteiger partial charge in [-0.15, -0.1) is 0 Å². The van der Waals surface area contributed by atoms with Crippen LogP contribution in [0.3, 0.4) is 0 Å². The van der Waals surface area contributed by atoms with E-state index < -0.39 is 15.9 Å². The molecule has 0 radical (unpaired) electrons. The smallest absolute Gasteiger partial charge is 0.267 e. The molecular weight excluding hydrogens is 382 g/mol. The van der Waals surface area contributed by atoms with Crippen LogP contribution in [-0.2, 0) is 19.4 Å². The first kappa shape index (κ1) is 20.3. The van der Waals surface area contributed by atoms with Gasteiger partial charge in [-0.05, 0) is 26.3 Å². The van der Waals surface area contributed by atoms with Crippen molar-refractivity contribution in [3.63, 3.8) is 0 Å². The highest BCUT2D eigenvalue weighted by molar-refractivity contribution is 7.91. The molecule has 1 aromatic carbocycles. The summed E-state index contributed by atoms with van der Waals surface area (Å²) in [6.45, 7) is 3.81. The van der Waals surface area contributed by atoms with Crippen LogP contribution < -0.4 is 10.1 Å². The van der Waals surface area contributed by atoms with Gasteiger partial charge in [-0.1, -0.05) is 17.7 Å². The van der Waals surface area contributed by atoms with Crippen LogP contribution in [0.4, 0.5) is 0 Å². The van der Waals surface area contributed by atoms with E-state index in [0.717, 1.165) is 11.1 Å². The number of ether oxygens (including phenoxy) is 1. The largest absolute Gasteiger partial charge is 0.496 e. The summed E-state index contributed by atoms with van der Waals surface area (Å²) in [6, 6.07) is 4.93. The molecular formula is C19H25N3O5S. The fraction of sp³-hybridized carbons (Fsp3) is 0.526. The van der Waals surface area contributed by atoms with Crippen molar-refractivity contribution in [2.75, 3.05) is 18.6 Å². The molecule has 2 unspecified atom stereocenters. The number of rotatable bonds is 5. The quantitative estimate of drug-likeness (QED) is 0.793. The summed E-state index contributed by atoms with van der Waals surface area (Å²) in [6.07, 6.45) is 0.729. The number of hydrogen-bond acceptors (Lipinski definition) is 6. The van der Waals surface area contributed by atoms with Crippen LogP contribution in [0.5, 0.6) is 5.75 Å². The molecule has 28 heavy (non-hydrogen) atoms. The lowest BCUT2D eigenvalue weighted by molar-refractivity contribution is -0.133. The zero-order chi connectivity index (χ0) is 20.5. The molecule has 1 aromatic rings. The summed E-state index contributed by atoms with van der Waals surface area (Å²) in [5.74, 6) is 0.00916. The Morgan fingerprint density at radius 1 is 1.36 bits per heavy atom. The number of benzene rings is 1. The Balaban J connectivity index is 1.76. The van der Waals surface area contributed by atoms with E-state index in [4.69, 9.17) is 4.74 Å². The van der Waals surface area contributed by atoms with Gasteiger partial charge in [-0.3, -0.25) is 9.59 Å². The minimum absolute atomic E-state index is 0.0443. The summed E-state index contributed by atoms with van der Waals surface area (Å²) in [7, 11) is -1.57. The van der Waals surface area contributed by atoms with E-state index in [9.17, 15) is 18.0 Å². The van der Waals surface area contributed by atoms with E-state index >= 15 is 0 Å². The number of aryl methyl sites for hydroxylation is 1. The van der Waals surface area contributed by atoms with Crippen molar-refractivity contribution in [1.82, 2.24) is 10.3 Å². The Bertz CT molecular complexity index is 925. The van der Waals surface area contributed by atoms with Gasteiger partial charge in [-0.2, -0.15) is 5.10 Å². The summed E-state index contributed by atoms with van der Waals surface area (Å²) in [4.78, 5) is 24.9. The van der Waals surface area contributed by atoms with E-state index in [2.05, 4.69) is 10.4 Å². The van der Waals surface area contributed by atoms with Crippen molar-refractivity contribution in [2.24, 2.45) is 5.10 Å². The Morgan fingerprint density at radius 2 is 2.11 bits per heavy atom. The number of hydrogen-bond donors (Lipinski definition) is 1. The van der Waals surface area contributed by atoms with Crippen LogP contribution in [0.2, 0.25) is 0 Å². The highest BCUT2D eigenvalue weighted by Gasteiger charge is 2.37. The number of sulfone groups is 1. The molecule has 152 valence electrons. The number of carbonyl (C=O) groups is 2. The normalized spacial score (nSPS) is 22.5. The third kappa shape index (κ3) is 4.35. The maximum atomic E-state index is 12.7. The molecule has 2 aliphatic heterocycles. The van der Waals surface area contributed by atoms with E-state index in [-0.39, 0.29) is 47.9 Å². The average molecular weight is 407 g/mol. The Hall–Kier alpha value is -2.42. The van der Waals surface area contributed by atoms with Crippen molar-refractivity contribution in [2.45, 2.75) is 45.2 Å². The predicted molar refractivity (Wildman–Crippen MR) is 105 cm³/mol. The second-order valence-corrected chi connectivity index (χ2v) is 9.51. The first-order valence-corrected chi connectivity index (χ1v) is 11.1. The maximum Gasteiger partial charge on any atom is 0.267 e. The molecule has 9 heteroatoms. The molecule has 1 saturated heterocycles. The first-order chi connectivity index (χ1) is 13.2. The molecule has 1 N–H and O–H groups in total. The minimum atomic E-state index is -3.15. The Labute approximate surface area is 164 Å². The minimum Gasteiger partial charge on any atom is -0.496 e. The van der Waals surface area contributed by atoms with Crippen LogP contribution in [-0.4, -0.2) is 55.6 Å². The maximum absolute atomic E-state index is 12.7. The second kappa shape index (κ2) is 7.90. The number of methoxy groups -OCH3 is 1. The number of carbonyl (C=O) groups excluding carboxylic acids is 2. The van der Waals surface area contributed by atoms with E-state index in [0.29, 0.717) is 12.2 Å². The van der Waals surface area contributed by atoms with Crippen LogP contribution in [0, 0.1) is 6.92 Å². The standard InChI is InChI=1S/C19H25N3O5S/c1-12-4-6-17(27-3)15(10-12)13(2)20-19(24)16-5-7-18(23)22(21-16)14-8-9-28(25,26)11-14/h4,6,10,13-14H,5,7-9,11H2,1-3H3,(H,20,24). The lowest BCUT2D eigenvalue weighted by atomic mass is 10.0.